The summed E-state index contributed by atoms with van der Waals surface area (Å²) in [5.41, 5.74) is -0.221. The summed E-state index contributed by atoms with van der Waals surface area (Å²) in [6.07, 6.45) is 1.04. The standard InChI is InChI=1S/C12H10BrN3O5/c13-7-2-1-3-8(11(7)16(20)21)14-9-6-10(18)15(4-5-17)12(9)19/h1-3,6,14,17H,4-5H2. The molecule has 0 atom stereocenters. The first kappa shape index (κ1) is 15.1. The van der Waals surface area contributed by atoms with E-state index < -0.39 is 16.7 Å². The molecule has 1 aromatic carbocycles. The van der Waals surface area contributed by atoms with Gasteiger partial charge in [-0.1, -0.05) is 6.07 Å². The fourth-order valence-corrected chi connectivity index (χ4v) is 2.37. The van der Waals surface area contributed by atoms with Crippen LogP contribution in [0.5, 0.6) is 0 Å². The van der Waals surface area contributed by atoms with Crippen molar-refractivity contribution in [1.29, 1.82) is 0 Å². The summed E-state index contributed by atoms with van der Waals surface area (Å²) < 4.78 is 0.252. The number of carbonyl (C=O) groups is 2. The van der Waals surface area contributed by atoms with Crippen molar-refractivity contribution in [3.05, 3.63) is 44.6 Å². The molecule has 1 aromatic rings. The molecule has 0 aromatic heterocycles. The second-order valence-electron chi connectivity index (χ2n) is 4.09. The number of aliphatic hydroxyl groups excluding tert-OH is 1. The van der Waals surface area contributed by atoms with E-state index >= 15 is 0 Å². The number of hydrogen-bond donors (Lipinski definition) is 2. The highest BCUT2D eigenvalue weighted by Crippen LogP contribution is 2.33. The molecule has 1 aliphatic heterocycles. The summed E-state index contributed by atoms with van der Waals surface area (Å²) in [4.78, 5) is 34.9. The maximum atomic E-state index is 12.0. The van der Waals surface area contributed by atoms with Gasteiger partial charge in [0.2, 0.25) is 0 Å². The molecule has 110 valence electrons. The number of benzene rings is 1. The van der Waals surface area contributed by atoms with E-state index in [9.17, 15) is 19.7 Å². The molecule has 1 heterocycles. The molecule has 0 fully saturated rings. The molecule has 2 N–H and O–H groups in total. The van der Waals surface area contributed by atoms with Gasteiger partial charge >= 0.3 is 5.69 Å². The van der Waals surface area contributed by atoms with Crippen molar-refractivity contribution >= 4 is 39.1 Å². The highest BCUT2D eigenvalue weighted by atomic mass is 79.9. The summed E-state index contributed by atoms with van der Waals surface area (Å²) in [6, 6.07) is 4.49. The van der Waals surface area contributed by atoms with E-state index in [0.717, 1.165) is 11.0 Å². The van der Waals surface area contributed by atoms with Gasteiger partial charge in [0.15, 0.2) is 0 Å². The average molecular weight is 356 g/mol. The Hall–Kier alpha value is -2.26. The number of nitrogens with zero attached hydrogens (tertiary/aromatic N) is 2. The number of nitro groups is 1. The third-order valence-corrected chi connectivity index (χ3v) is 3.41. The van der Waals surface area contributed by atoms with Crippen LogP contribution in [-0.2, 0) is 9.59 Å². The fraction of sp³-hybridized carbons (Fsp3) is 0.167. The van der Waals surface area contributed by atoms with Gasteiger partial charge in [0.25, 0.3) is 11.8 Å². The van der Waals surface area contributed by atoms with E-state index in [2.05, 4.69) is 21.2 Å². The predicted molar refractivity (Wildman–Crippen MR) is 76.3 cm³/mol. The largest absolute Gasteiger partial charge is 0.395 e. The van der Waals surface area contributed by atoms with E-state index in [4.69, 9.17) is 5.11 Å². The molecule has 9 heteroatoms. The van der Waals surface area contributed by atoms with Gasteiger partial charge in [0.05, 0.1) is 22.5 Å². The normalized spacial score (nSPS) is 14.4. The monoisotopic (exact) mass is 355 g/mol. The van der Waals surface area contributed by atoms with E-state index in [0.29, 0.717) is 0 Å². The third-order valence-electron chi connectivity index (χ3n) is 2.77. The quantitative estimate of drug-likeness (QED) is 0.463. The molecule has 0 saturated heterocycles. The maximum Gasteiger partial charge on any atom is 0.306 e. The van der Waals surface area contributed by atoms with Crippen LogP contribution in [0.3, 0.4) is 0 Å². The zero-order chi connectivity index (χ0) is 15.6. The Labute approximate surface area is 127 Å². The van der Waals surface area contributed by atoms with Gasteiger partial charge in [-0.15, -0.1) is 0 Å². The molecular weight excluding hydrogens is 346 g/mol. The number of rotatable bonds is 5. The first-order valence-electron chi connectivity index (χ1n) is 5.84. The summed E-state index contributed by atoms with van der Waals surface area (Å²) in [5, 5.41) is 22.5. The molecule has 8 nitrogen and oxygen atoms in total. The van der Waals surface area contributed by atoms with Gasteiger partial charge in [-0.2, -0.15) is 0 Å². The van der Waals surface area contributed by atoms with Crippen molar-refractivity contribution in [2.75, 3.05) is 18.5 Å². The Bertz CT molecular complexity index is 658. The van der Waals surface area contributed by atoms with Gasteiger partial charge in [0, 0.05) is 6.08 Å². The molecule has 2 amide bonds. The van der Waals surface area contributed by atoms with Crippen LogP contribution in [0.15, 0.2) is 34.4 Å². The van der Waals surface area contributed by atoms with Crippen LogP contribution < -0.4 is 5.32 Å². The summed E-state index contributed by atoms with van der Waals surface area (Å²) in [5.74, 6) is -1.21. The Morgan fingerprint density at radius 1 is 1.38 bits per heavy atom. The molecule has 1 aliphatic rings. The number of carbonyl (C=O) groups excluding carboxylic acids is 2. The van der Waals surface area contributed by atoms with Crippen molar-refractivity contribution in [2.45, 2.75) is 0 Å². The number of nitro benzene ring substituents is 1. The van der Waals surface area contributed by atoms with Gasteiger partial charge in [-0.3, -0.25) is 24.6 Å². The van der Waals surface area contributed by atoms with Crippen LogP contribution in [-0.4, -0.2) is 39.9 Å². The van der Waals surface area contributed by atoms with Gasteiger partial charge in [-0.05, 0) is 28.1 Å². The number of β-amino-alcohol motifs (C(OH)–C–C–N with tert-alkyl or cyclic N) is 1. The van der Waals surface area contributed by atoms with Crippen LogP contribution in [0.25, 0.3) is 0 Å². The number of amides is 2. The zero-order valence-corrected chi connectivity index (χ0v) is 12.2. The van der Waals surface area contributed by atoms with Crippen LogP contribution >= 0.6 is 15.9 Å². The smallest absolute Gasteiger partial charge is 0.306 e. The van der Waals surface area contributed by atoms with Crippen molar-refractivity contribution < 1.29 is 19.6 Å². The molecule has 0 radical (unpaired) electrons. The van der Waals surface area contributed by atoms with Crippen molar-refractivity contribution in [3.63, 3.8) is 0 Å². The molecule has 0 spiro atoms. The van der Waals surface area contributed by atoms with E-state index in [1.807, 2.05) is 0 Å². The lowest BCUT2D eigenvalue weighted by Crippen LogP contribution is -2.34. The van der Waals surface area contributed by atoms with Gasteiger partial charge < -0.3 is 10.4 Å². The average Bonchev–Trinajstić information content (AvgIpc) is 2.66. The highest BCUT2D eigenvalue weighted by molar-refractivity contribution is 9.10. The minimum atomic E-state index is -0.636. The first-order valence-corrected chi connectivity index (χ1v) is 6.63. The first-order chi connectivity index (χ1) is 9.95. The Kier molecular flexibility index (Phi) is 4.34. The second kappa shape index (κ2) is 6.02. The number of para-hydroxylation sites is 1. The van der Waals surface area contributed by atoms with Crippen LogP contribution in [0, 0.1) is 10.1 Å². The molecule has 0 saturated carbocycles. The van der Waals surface area contributed by atoms with Crippen LogP contribution in [0.2, 0.25) is 0 Å². The predicted octanol–water partition coefficient (Wildman–Crippen LogP) is 1.01. The van der Waals surface area contributed by atoms with Crippen molar-refractivity contribution in [2.24, 2.45) is 0 Å². The SMILES string of the molecule is O=C1C=C(Nc2cccc(Br)c2[N+](=O)[O-])C(=O)N1CCO. The Morgan fingerprint density at radius 2 is 2.10 bits per heavy atom. The number of halogens is 1. The number of imide groups is 1. The Balaban J connectivity index is 2.30. The van der Waals surface area contributed by atoms with Crippen molar-refractivity contribution in [1.82, 2.24) is 4.90 Å². The van der Waals surface area contributed by atoms with Gasteiger partial charge in [0.1, 0.15) is 11.4 Å². The summed E-state index contributed by atoms with van der Waals surface area (Å²) >= 11 is 3.06. The fourth-order valence-electron chi connectivity index (χ4n) is 1.86. The molecule has 0 bridgehead atoms. The van der Waals surface area contributed by atoms with E-state index in [1.165, 1.54) is 12.1 Å². The lowest BCUT2D eigenvalue weighted by Gasteiger charge is -2.13. The molecule has 0 aliphatic carbocycles. The Morgan fingerprint density at radius 3 is 2.71 bits per heavy atom. The number of anilines is 1. The lowest BCUT2D eigenvalue weighted by atomic mass is 10.2. The molecular formula is C12H10BrN3O5. The lowest BCUT2D eigenvalue weighted by molar-refractivity contribution is -0.384. The third kappa shape index (κ3) is 2.93. The van der Waals surface area contributed by atoms with E-state index in [1.54, 1.807) is 6.07 Å². The molecule has 21 heavy (non-hydrogen) atoms. The second-order valence-corrected chi connectivity index (χ2v) is 4.95. The van der Waals surface area contributed by atoms with Crippen LogP contribution in [0.1, 0.15) is 0 Å². The number of aliphatic hydroxyl groups is 1. The van der Waals surface area contributed by atoms with E-state index in [-0.39, 0.29) is 34.7 Å². The topological polar surface area (TPSA) is 113 Å². The molecule has 2 rings (SSSR count). The van der Waals surface area contributed by atoms with Gasteiger partial charge in [-0.25, -0.2) is 0 Å². The maximum absolute atomic E-state index is 12.0. The highest BCUT2D eigenvalue weighted by Gasteiger charge is 2.32. The number of hydrogen-bond acceptors (Lipinski definition) is 6. The zero-order valence-electron chi connectivity index (χ0n) is 10.6. The summed E-state index contributed by atoms with van der Waals surface area (Å²) in [7, 11) is 0. The minimum Gasteiger partial charge on any atom is -0.395 e. The minimum absolute atomic E-state index is 0.0744. The van der Waals surface area contributed by atoms with Crippen molar-refractivity contribution in [3.8, 4) is 0 Å². The molecule has 0 unspecified atom stereocenters. The van der Waals surface area contributed by atoms with Crippen LogP contribution in [0.4, 0.5) is 11.4 Å². The number of nitrogens with one attached hydrogen (secondary N) is 1. The summed E-state index contributed by atoms with van der Waals surface area (Å²) in [6.45, 7) is -0.477.